The van der Waals surface area contributed by atoms with Gasteiger partial charge in [0, 0.05) is 11.6 Å². The van der Waals surface area contributed by atoms with Crippen LogP contribution in [0.3, 0.4) is 0 Å². The van der Waals surface area contributed by atoms with Crippen LogP contribution in [0.25, 0.3) is 11.3 Å². The fraction of sp³-hybridized carbons (Fsp3) is 0.0769. The summed E-state index contributed by atoms with van der Waals surface area (Å²) in [5.41, 5.74) is 0.525. The van der Waals surface area contributed by atoms with Crippen molar-refractivity contribution in [1.29, 1.82) is 0 Å². The summed E-state index contributed by atoms with van der Waals surface area (Å²) in [6.07, 6.45) is 6.54. The molecular weight excluding hydrogens is 238 g/mol. The second-order valence-corrected chi connectivity index (χ2v) is 3.38. The summed E-state index contributed by atoms with van der Waals surface area (Å²) in [5.74, 6) is 1.11. The molecule has 18 heavy (non-hydrogen) atoms. The molecule has 1 aromatic carbocycles. The van der Waals surface area contributed by atoms with E-state index in [1.807, 2.05) is 0 Å². The highest BCUT2D eigenvalue weighted by atomic mass is 19.1. The van der Waals surface area contributed by atoms with Crippen molar-refractivity contribution in [3.63, 3.8) is 0 Å². The number of nitrogens with zero attached hydrogens (tertiary/aromatic N) is 2. The molecule has 0 N–H and O–H groups in total. The van der Waals surface area contributed by atoms with Crippen LogP contribution in [-0.2, 0) is 0 Å². The molecule has 2 rings (SSSR count). The van der Waals surface area contributed by atoms with Gasteiger partial charge in [-0.3, -0.25) is 0 Å². The fourth-order valence-electron chi connectivity index (χ4n) is 1.54. The van der Waals surface area contributed by atoms with E-state index < -0.39 is 11.6 Å². The lowest BCUT2D eigenvalue weighted by atomic mass is 10.1. The van der Waals surface area contributed by atoms with Crippen molar-refractivity contribution in [1.82, 2.24) is 9.97 Å². The lowest BCUT2D eigenvalue weighted by Crippen LogP contribution is -1.99. The van der Waals surface area contributed by atoms with Crippen molar-refractivity contribution in [2.24, 2.45) is 0 Å². The zero-order valence-corrected chi connectivity index (χ0v) is 9.45. The summed E-state index contributed by atoms with van der Waals surface area (Å²) in [6, 6.07) is 3.17. The predicted octanol–water partition coefficient (Wildman–Crippen LogP) is 2.41. The first-order valence-electron chi connectivity index (χ1n) is 4.98. The first-order valence-corrected chi connectivity index (χ1v) is 4.98. The Hall–Kier alpha value is -2.48. The van der Waals surface area contributed by atoms with Gasteiger partial charge in [-0.1, -0.05) is 5.92 Å². The highest BCUT2D eigenvalue weighted by Crippen LogP contribution is 2.28. The van der Waals surface area contributed by atoms with Crippen LogP contribution in [0.2, 0.25) is 0 Å². The van der Waals surface area contributed by atoms with Gasteiger partial charge in [0.15, 0.2) is 0 Å². The van der Waals surface area contributed by atoms with E-state index in [0.717, 1.165) is 12.1 Å². The van der Waals surface area contributed by atoms with Gasteiger partial charge in [0.05, 0.1) is 12.8 Å². The molecule has 1 aromatic heterocycles. The number of terminal acetylenes is 1. The van der Waals surface area contributed by atoms with Crippen molar-refractivity contribution in [2.75, 3.05) is 7.11 Å². The molecule has 0 fully saturated rings. The number of aromatic nitrogens is 2. The quantitative estimate of drug-likeness (QED) is 0.763. The Kier molecular flexibility index (Phi) is 3.20. The highest BCUT2D eigenvalue weighted by Gasteiger charge is 2.15. The SMILES string of the molecule is C#Cc1c(OC)ncnc1-c1ccc(F)cc1F. The second kappa shape index (κ2) is 4.80. The molecule has 0 aliphatic rings. The molecule has 0 amide bonds. The maximum absolute atomic E-state index is 13.7. The Morgan fingerprint density at radius 3 is 2.67 bits per heavy atom. The van der Waals surface area contributed by atoms with Gasteiger partial charge in [-0.25, -0.2) is 18.7 Å². The van der Waals surface area contributed by atoms with E-state index in [1.54, 1.807) is 0 Å². The largest absolute Gasteiger partial charge is 0.480 e. The minimum Gasteiger partial charge on any atom is -0.480 e. The van der Waals surface area contributed by atoms with Crippen LogP contribution in [0.5, 0.6) is 5.88 Å². The molecule has 0 aliphatic carbocycles. The van der Waals surface area contributed by atoms with Crippen molar-refractivity contribution >= 4 is 0 Å². The summed E-state index contributed by atoms with van der Waals surface area (Å²) in [5, 5.41) is 0. The average Bonchev–Trinajstić information content (AvgIpc) is 2.37. The van der Waals surface area contributed by atoms with Crippen LogP contribution < -0.4 is 4.74 Å². The van der Waals surface area contributed by atoms with Crippen molar-refractivity contribution in [3.05, 3.63) is 41.7 Å². The van der Waals surface area contributed by atoms with Crippen molar-refractivity contribution in [2.45, 2.75) is 0 Å². The zero-order valence-electron chi connectivity index (χ0n) is 9.45. The van der Waals surface area contributed by atoms with Gasteiger partial charge >= 0.3 is 0 Å². The minimum atomic E-state index is -0.743. The van der Waals surface area contributed by atoms with Crippen LogP contribution in [0, 0.1) is 24.0 Å². The highest BCUT2D eigenvalue weighted by molar-refractivity contribution is 5.69. The molecule has 1 heterocycles. The molecule has 3 nitrogen and oxygen atoms in total. The smallest absolute Gasteiger partial charge is 0.232 e. The van der Waals surface area contributed by atoms with Gasteiger partial charge in [-0.05, 0) is 12.1 Å². The summed E-state index contributed by atoms with van der Waals surface area (Å²) < 4.78 is 31.5. The first-order chi connectivity index (χ1) is 8.67. The number of rotatable bonds is 2. The van der Waals surface area contributed by atoms with Crippen LogP contribution >= 0.6 is 0 Å². The number of benzene rings is 1. The lowest BCUT2D eigenvalue weighted by Gasteiger charge is -2.08. The van der Waals surface area contributed by atoms with Crippen LogP contribution in [0.4, 0.5) is 8.78 Å². The summed E-state index contributed by atoms with van der Waals surface area (Å²) in [7, 11) is 1.40. The average molecular weight is 246 g/mol. The molecule has 90 valence electrons. The van der Waals surface area contributed by atoms with Gasteiger partial charge in [-0.15, -0.1) is 6.42 Å². The third-order valence-corrected chi connectivity index (χ3v) is 2.34. The third kappa shape index (κ3) is 2.00. The Morgan fingerprint density at radius 2 is 2.06 bits per heavy atom. The molecule has 0 radical (unpaired) electrons. The van der Waals surface area contributed by atoms with Crippen LogP contribution in [-0.4, -0.2) is 17.1 Å². The van der Waals surface area contributed by atoms with Gasteiger partial charge < -0.3 is 4.74 Å². The first kappa shape index (κ1) is 12.0. The second-order valence-electron chi connectivity index (χ2n) is 3.38. The fourth-order valence-corrected chi connectivity index (χ4v) is 1.54. The zero-order chi connectivity index (χ0) is 13.1. The van der Waals surface area contributed by atoms with E-state index >= 15 is 0 Å². The molecule has 2 aromatic rings. The van der Waals surface area contributed by atoms with Gasteiger partial charge in [0.25, 0.3) is 0 Å². The molecule has 0 atom stereocenters. The van der Waals surface area contributed by atoms with E-state index in [1.165, 1.54) is 19.5 Å². The van der Waals surface area contributed by atoms with Crippen LogP contribution in [0.1, 0.15) is 5.56 Å². The summed E-state index contributed by atoms with van der Waals surface area (Å²) >= 11 is 0. The Morgan fingerprint density at radius 1 is 1.28 bits per heavy atom. The summed E-state index contributed by atoms with van der Waals surface area (Å²) in [4.78, 5) is 7.75. The van der Waals surface area contributed by atoms with Gasteiger partial charge in [0.1, 0.15) is 23.5 Å². The number of halogens is 2. The maximum atomic E-state index is 13.7. The number of ether oxygens (including phenoxy) is 1. The lowest BCUT2D eigenvalue weighted by molar-refractivity contribution is 0.395. The van der Waals surface area contributed by atoms with Crippen molar-refractivity contribution in [3.8, 4) is 29.5 Å². The number of hydrogen-bond donors (Lipinski definition) is 0. The maximum Gasteiger partial charge on any atom is 0.232 e. The number of hydrogen-bond acceptors (Lipinski definition) is 3. The summed E-state index contributed by atoms with van der Waals surface area (Å²) in [6.45, 7) is 0. The van der Waals surface area contributed by atoms with E-state index in [0.29, 0.717) is 0 Å². The van der Waals surface area contributed by atoms with E-state index in [9.17, 15) is 8.78 Å². The minimum absolute atomic E-state index is 0.102. The number of methoxy groups -OCH3 is 1. The van der Waals surface area contributed by atoms with Gasteiger partial charge in [0.2, 0.25) is 5.88 Å². The molecule has 5 heteroatoms. The third-order valence-electron chi connectivity index (χ3n) is 2.34. The molecule has 0 bridgehead atoms. The normalized spacial score (nSPS) is 9.89. The topological polar surface area (TPSA) is 35.0 Å². The Bertz CT molecular complexity index is 635. The van der Waals surface area contributed by atoms with E-state index in [-0.39, 0.29) is 22.7 Å². The standard InChI is InChI=1S/C13H8F2N2O/c1-3-9-12(16-7-17-13(9)18-2)10-5-4-8(14)6-11(10)15/h1,4-7H,2H3. The van der Waals surface area contributed by atoms with Crippen LogP contribution in [0.15, 0.2) is 24.5 Å². The van der Waals surface area contributed by atoms with Crippen molar-refractivity contribution < 1.29 is 13.5 Å². The monoisotopic (exact) mass is 246 g/mol. The Labute approximate surface area is 102 Å². The molecule has 0 saturated carbocycles. The van der Waals surface area contributed by atoms with E-state index in [2.05, 4.69) is 15.9 Å². The predicted molar refractivity (Wildman–Crippen MR) is 61.9 cm³/mol. The molecule has 0 unspecified atom stereocenters. The molecule has 0 spiro atoms. The van der Waals surface area contributed by atoms with E-state index in [4.69, 9.17) is 11.2 Å². The molecular formula is C13H8F2N2O. The Balaban J connectivity index is 2.68. The van der Waals surface area contributed by atoms with Gasteiger partial charge in [-0.2, -0.15) is 0 Å². The molecule has 0 saturated heterocycles. The molecule has 0 aliphatic heterocycles.